The summed E-state index contributed by atoms with van der Waals surface area (Å²) in [5.41, 5.74) is 2.77. The van der Waals surface area contributed by atoms with Crippen molar-refractivity contribution < 1.29 is 4.92 Å². The van der Waals surface area contributed by atoms with Crippen LogP contribution in [0.15, 0.2) is 24.3 Å². The molecule has 0 unspecified atom stereocenters. The quantitative estimate of drug-likeness (QED) is 0.678. The van der Waals surface area contributed by atoms with Gasteiger partial charge in [0, 0.05) is 48.2 Å². The maximum atomic E-state index is 10.9. The maximum absolute atomic E-state index is 10.9. The molecule has 0 aliphatic carbocycles. The number of nitrogens with zero attached hydrogens (tertiary/aromatic N) is 4. The first-order valence-electron chi connectivity index (χ1n) is 8.51. The average molecular weight is 341 g/mol. The molecule has 1 saturated heterocycles. The zero-order chi connectivity index (χ0) is 18.0. The summed E-state index contributed by atoms with van der Waals surface area (Å²) in [6, 6.07) is 7.59. The van der Waals surface area contributed by atoms with Crippen LogP contribution >= 0.6 is 0 Å². The van der Waals surface area contributed by atoms with Gasteiger partial charge in [-0.15, -0.1) is 0 Å². The van der Waals surface area contributed by atoms with Gasteiger partial charge in [-0.05, 0) is 45.7 Å². The van der Waals surface area contributed by atoms with Gasteiger partial charge in [0.2, 0.25) is 0 Å². The van der Waals surface area contributed by atoms with Gasteiger partial charge in [0.15, 0.2) is 0 Å². The highest BCUT2D eigenvalue weighted by molar-refractivity contribution is 5.54. The summed E-state index contributed by atoms with van der Waals surface area (Å²) in [6.07, 6.45) is 2.00. The second-order valence-electron chi connectivity index (χ2n) is 6.58. The molecule has 3 rings (SSSR count). The van der Waals surface area contributed by atoms with E-state index in [0.29, 0.717) is 11.6 Å². The van der Waals surface area contributed by atoms with Gasteiger partial charge in [-0.25, -0.2) is 9.97 Å². The van der Waals surface area contributed by atoms with E-state index in [1.807, 2.05) is 26.0 Å². The van der Waals surface area contributed by atoms with Crippen molar-refractivity contribution in [2.24, 2.45) is 0 Å². The lowest BCUT2D eigenvalue weighted by Crippen LogP contribution is -2.39. The fourth-order valence-corrected chi connectivity index (χ4v) is 3.30. The molecule has 0 amide bonds. The van der Waals surface area contributed by atoms with Crippen molar-refractivity contribution in [3.63, 3.8) is 0 Å². The van der Waals surface area contributed by atoms with Crippen LogP contribution in [-0.2, 0) is 0 Å². The van der Waals surface area contributed by atoms with Crippen molar-refractivity contribution in [3.05, 3.63) is 51.5 Å². The van der Waals surface area contributed by atoms with Crippen molar-refractivity contribution in [3.8, 4) is 0 Å². The molecule has 1 aliphatic rings. The molecule has 7 heteroatoms. The molecule has 0 bridgehead atoms. The molecule has 7 nitrogen and oxygen atoms in total. The number of aryl methyl sites for hydroxylation is 3. The predicted octanol–water partition coefficient (Wildman–Crippen LogP) is 3.39. The lowest BCUT2D eigenvalue weighted by atomic mass is 10.0. The molecule has 1 N–H and O–H groups in total. The topological polar surface area (TPSA) is 84.2 Å². The number of piperidine rings is 1. The Kier molecular flexibility index (Phi) is 4.83. The third-order valence-corrected chi connectivity index (χ3v) is 4.54. The second-order valence-corrected chi connectivity index (χ2v) is 6.58. The molecule has 0 atom stereocenters. The van der Waals surface area contributed by atoms with Crippen LogP contribution in [0.3, 0.4) is 0 Å². The molecule has 1 aromatic carbocycles. The third kappa shape index (κ3) is 4.04. The SMILES string of the molecule is Cc1cc(N2CCC(Nc3ccc([N+](=O)[O-])c(C)c3)CC2)nc(C)n1. The molecule has 1 fully saturated rings. The number of rotatable bonds is 4. The van der Waals surface area contributed by atoms with Crippen LogP contribution in [0.2, 0.25) is 0 Å². The van der Waals surface area contributed by atoms with Crippen LogP contribution in [0.4, 0.5) is 17.2 Å². The van der Waals surface area contributed by atoms with E-state index in [0.717, 1.165) is 49.0 Å². The Balaban J connectivity index is 1.61. The van der Waals surface area contributed by atoms with Crippen molar-refractivity contribution in [1.29, 1.82) is 0 Å². The Hall–Kier alpha value is -2.70. The minimum atomic E-state index is -0.344. The first-order chi connectivity index (χ1) is 11.9. The number of aromatic nitrogens is 2. The van der Waals surface area contributed by atoms with Gasteiger partial charge in [0.1, 0.15) is 11.6 Å². The summed E-state index contributed by atoms with van der Waals surface area (Å²) in [4.78, 5) is 21.7. The minimum absolute atomic E-state index is 0.162. The van der Waals surface area contributed by atoms with Crippen LogP contribution in [0.1, 0.15) is 29.9 Å². The van der Waals surface area contributed by atoms with Gasteiger partial charge in [-0.1, -0.05) is 0 Å². The van der Waals surface area contributed by atoms with E-state index < -0.39 is 0 Å². The Morgan fingerprint density at radius 3 is 2.48 bits per heavy atom. The first-order valence-corrected chi connectivity index (χ1v) is 8.51. The van der Waals surface area contributed by atoms with Gasteiger partial charge >= 0.3 is 0 Å². The number of anilines is 2. The van der Waals surface area contributed by atoms with Crippen LogP contribution in [-0.4, -0.2) is 34.0 Å². The van der Waals surface area contributed by atoms with E-state index in [9.17, 15) is 10.1 Å². The largest absolute Gasteiger partial charge is 0.382 e. The van der Waals surface area contributed by atoms with Gasteiger partial charge in [0.25, 0.3) is 5.69 Å². The molecule has 25 heavy (non-hydrogen) atoms. The summed E-state index contributed by atoms with van der Waals surface area (Å²) in [5, 5.41) is 14.4. The maximum Gasteiger partial charge on any atom is 0.272 e. The highest BCUT2D eigenvalue weighted by Crippen LogP contribution is 2.25. The van der Waals surface area contributed by atoms with Crippen LogP contribution in [0, 0.1) is 30.9 Å². The summed E-state index contributed by atoms with van der Waals surface area (Å²) in [7, 11) is 0. The van der Waals surface area contributed by atoms with E-state index in [-0.39, 0.29) is 10.6 Å². The molecule has 0 radical (unpaired) electrons. The average Bonchev–Trinajstić information content (AvgIpc) is 2.54. The summed E-state index contributed by atoms with van der Waals surface area (Å²) in [5.74, 6) is 1.80. The minimum Gasteiger partial charge on any atom is -0.382 e. The fraction of sp³-hybridized carbons (Fsp3) is 0.444. The van der Waals surface area contributed by atoms with E-state index in [1.165, 1.54) is 0 Å². The highest BCUT2D eigenvalue weighted by Gasteiger charge is 2.21. The van der Waals surface area contributed by atoms with Crippen molar-refractivity contribution in [2.75, 3.05) is 23.3 Å². The molecular formula is C18H23N5O2. The summed E-state index contributed by atoms with van der Waals surface area (Å²) < 4.78 is 0. The Bertz CT molecular complexity index is 765. The smallest absolute Gasteiger partial charge is 0.272 e. The molecule has 0 saturated carbocycles. The number of nitrogens with one attached hydrogen (secondary N) is 1. The van der Waals surface area contributed by atoms with E-state index in [2.05, 4.69) is 20.2 Å². The normalized spacial score (nSPS) is 15.2. The number of nitro groups is 1. The van der Waals surface area contributed by atoms with Crippen molar-refractivity contribution in [2.45, 2.75) is 39.7 Å². The Labute approximate surface area is 147 Å². The van der Waals surface area contributed by atoms with Gasteiger partial charge < -0.3 is 10.2 Å². The summed E-state index contributed by atoms with van der Waals surface area (Å²) in [6.45, 7) is 7.54. The lowest BCUT2D eigenvalue weighted by molar-refractivity contribution is -0.385. The number of benzene rings is 1. The standard InChI is InChI=1S/C18H23N5O2/c1-12-10-16(4-5-17(12)23(24)25)21-15-6-8-22(9-7-15)18-11-13(2)19-14(3)20-18/h4-5,10-11,15,21H,6-9H2,1-3H3. The number of hydrogen-bond donors (Lipinski definition) is 1. The van der Waals surface area contributed by atoms with Crippen LogP contribution in [0.5, 0.6) is 0 Å². The molecule has 132 valence electrons. The second kappa shape index (κ2) is 7.04. The number of hydrogen-bond acceptors (Lipinski definition) is 6. The lowest BCUT2D eigenvalue weighted by Gasteiger charge is -2.33. The van der Waals surface area contributed by atoms with Crippen molar-refractivity contribution >= 4 is 17.2 Å². The van der Waals surface area contributed by atoms with Gasteiger partial charge in [0.05, 0.1) is 4.92 Å². The van der Waals surface area contributed by atoms with Crippen LogP contribution < -0.4 is 10.2 Å². The van der Waals surface area contributed by atoms with Crippen LogP contribution in [0.25, 0.3) is 0 Å². The molecule has 2 heterocycles. The Morgan fingerprint density at radius 1 is 1.16 bits per heavy atom. The zero-order valence-corrected chi connectivity index (χ0v) is 14.8. The Morgan fingerprint density at radius 2 is 1.88 bits per heavy atom. The third-order valence-electron chi connectivity index (χ3n) is 4.54. The van der Waals surface area contributed by atoms with E-state index in [1.54, 1.807) is 19.1 Å². The fourth-order valence-electron chi connectivity index (χ4n) is 3.30. The van der Waals surface area contributed by atoms with Gasteiger partial charge in [-0.3, -0.25) is 10.1 Å². The van der Waals surface area contributed by atoms with E-state index >= 15 is 0 Å². The van der Waals surface area contributed by atoms with E-state index in [4.69, 9.17) is 0 Å². The first kappa shape index (κ1) is 17.1. The predicted molar refractivity (Wildman–Crippen MR) is 98.2 cm³/mol. The molecule has 0 spiro atoms. The molecule has 2 aromatic rings. The summed E-state index contributed by atoms with van der Waals surface area (Å²) >= 11 is 0. The monoisotopic (exact) mass is 341 g/mol. The van der Waals surface area contributed by atoms with Gasteiger partial charge in [-0.2, -0.15) is 0 Å². The zero-order valence-electron chi connectivity index (χ0n) is 14.8. The molecular weight excluding hydrogens is 318 g/mol. The molecule has 1 aliphatic heterocycles. The highest BCUT2D eigenvalue weighted by atomic mass is 16.6. The number of nitro benzene ring substituents is 1. The molecule has 1 aromatic heterocycles. The van der Waals surface area contributed by atoms with Crippen molar-refractivity contribution in [1.82, 2.24) is 9.97 Å².